The fraction of sp³-hybridized carbons (Fsp3) is 0.222. The molecule has 106 valence electrons. The second-order valence-electron chi connectivity index (χ2n) is 3.92. The number of anilines is 1. The number of imidazole rings is 1. The van der Waals surface area contributed by atoms with Crippen LogP contribution < -0.4 is 10.5 Å². The molecular formula is C9H11N7O2S2. The van der Waals surface area contributed by atoms with Gasteiger partial charge in [0.15, 0.2) is 15.8 Å². The van der Waals surface area contributed by atoms with Crippen LogP contribution in [0, 0.1) is 0 Å². The molecule has 3 aromatic heterocycles. The van der Waals surface area contributed by atoms with Gasteiger partial charge in [0.25, 0.3) is 10.0 Å². The summed E-state index contributed by atoms with van der Waals surface area (Å²) in [6.07, 6.45) is 4.80. The first kappa shape index (κ1) is 13.0. The number of sulfonamides is 1. The summed E-state index contributed by atoms with van der Waals surface area (Å²) in [4.78, 5) is 4.55. The number of nitrogen functional groups attached to an aromatic ring is 1. The van der Waals surface area contributed by atoms with E-state index in [4.69, 9.17) is 5.73 Å². The van der Waals surface area contributed by atoms with Crippen LogP contribution in [0.2, 0.25) is 0 Å². The van der Waals surface area contributed by atoms with Crippen molar-refractivity contribution < 1.29 is 8.42 Å². The lowest BCUT2D eigenvalue weighted by atomic mass is 10.6. The third-order valence-corrected chi connectivity index (χ3v) is 4.86. The van der Waals surface area contributed by atoms with E-state index in [1.165, 1.54) is 26.6 Å². The topological polar surface area (TPSA) is 120 Å². The summed E-state index contributed by atoms with van der Waals surface area (Å²) in [5.41, 5.74) is 5.68. The van der Waals surface area contributed by atoms with Crippen molar-refractivity contribution in [1.82, 2.24) is 29.1 Å². The highest BCUT2D eigenvalue weighted by Crippen LogP contribution is 2.22. The number of nitrogens with two attached hydrogens (primary N) is 1. The SMILES string of the molecule is Nc1nc2sccn2c1S(=O)(=O)NCCn1ccnn1. The largest absolute Gasteiger partial charge is 0.381 e. The number of nitrogens with one attached hydrogen (secondary N) is 1. The minimum Gasteiger partial charge on any atom is -0.381 e. The van der Waals surface area contributed by atoms with Crippen molar-refractivity contribution >= 4 is 32.1 Å². The van der Waals surface area contributed by atoms with Crippen LogP contribution >= 0.6 is 11.3 Å². The van der Waals surface area contributed by atoms with Gasteiger partial charge in [-0.05, 0) is 0 Å². The van der Waals surface area contributed by atoms with Crippen molar-refractivity contribution in [2.45, 2.75) is 11.6 Å². The fourth-order valence-corrected chi connectivity index (χ4v) is 3.77. The maximum Gasteiger partial charge on any atom is 0.260 e. The Morgan fingerprint density at radius 2 is 2.25 bits per heavy atom. The normalized spacial score (nSPS) is 12.2. The Balaban J connectivity index is 1.81. The smallest absolute Gasteiger partial charge is 0.260 e. The van der Waals surface area contributed by atoms with Gasteiger partial charge in [-0.1, -0.05) is 5.21 Å². The minimum atomic E-state index is -3.73. The van der Waals surface area contributed by atoms with E-state index >= 15 is 0 Å². The number of fused-ring (bicyclic) bond motifs is 1. The number of thiazole rings is 1. The zero-order valence-corrected chi connectivity index (χ0v) is 11.8. The molecule has 9 nitrogen and oxygen atoms in total. The summed E-state index contributed by atoms with van der Waals surface area (Å²) < 4.78 is 30.0. The zero-order chi connectivity index (χ0) is 14.2. The van der Waals surface area contributed by atoms with Gasteiger partial charge in [-0.25, -0.2) is 18.1 Å². The lowest BCUT2D eigenvalue weighted by molar-refractivity contribution is 0.550. The predicted molar refractivity (Wildman–Crippen MR) is 72.7 cm³/mol. The van der Waals surface area contributed by atoms with Crippen LogP contribution in [-0.4, -0.2) is 39.3 Å². The molecule has 0 unspecified atom stereocenters. The molecule has 0 radical (unpaired) electrons. The molecule has 0 aliphatic rings. The summed E-state index contributed by atoms with van der Waals surface area (Å²) in [6.45, 7) is 0.563. The van der Waals surface area contributed by atoms with Crippen molar-refractivity contribution in [2.75, 3.05) is 12.3 Å². The van der Waals surface area contributed by atoms with Gasteiger partial charge >= 0.3 is 0 Å². The van der Waals surface area contributed by atoms with Crippen molar-refractivity contribution in [1.29, 1.82) is 0 Å². The van der Waals surface area contributed by atoms with Crippen molar-refractivity contribution in [3.8, 4) is 0 Å². The molecule has 0 amide bonds. The Morgan fingerprint density at radius 3 is 3.00 bits per heavy atom. The molecule has 0 saturated carbocycles. The molecule has 3 heterocycles. The number of rotatable bonds is 5. The van der Waals surface area contributed by atoms with Gasteiger partial charge in [-0.15, -0.1) is 16.4 Å². The Labute approximate surface area is 118 Å². The Hall–Kier alpha value is -1.98. The average molecular weight is 313 g/mol. The number of hydrogen-bond donors (Lipinski definition) is 2. The van der Waals surface area contributed by atoms with E-state index in [0.29, 0.717) is 11.5 Å². The summed E-state index contributed by atoms with van der Waals surface area (Å²) in [6, 6.07) is 0. The van der Waals surface area contributed by atoms with E-state index in [0.717, 1.165) is 0 Å². The van der Waals surface area contributed by atoms with E-state index in [1.54, 1.807) is 17.8 Å². The van der Waals surface area contributed by atoms with Gasteiger partial charge < -0.3 is 5.73 Å². The van der Waals surface area contributed by atoms with Gasteiger partial charge in [0, 0.05) is 24.3 Å². The van der Waals surface area contributed by atoms with Crippen molar-refractivity contribution in [3.05, 3.63) is 24.0 Å². The molecule has 0 fully saturated rings. The monoisotopic (exact) mass is 313 g/mol. The Kier molecular flexibility index (Phi) is 3.16. The van der Waals surface area contributed by atoms with Gasteiger partial charge in [0.2, 0.25) is 0 Å². The third kappa shape index (κ3) is 2.26. The molecule has 0 aliphatic heterocycles. The van der Waals surface area contributed by atoms with Crippen molar-refractivity contribution in [2.24, 2.45) is 0 Å². The number of aromatic nitrogens is 5. The fourth-order valence-electron chi connectivity index (χ4n) is 1.76. The lowest BCUT2D eigenvalue weighted by Gasteiger charge is -2.06. The van der Waals surface area contributed by atoms with Crippen LogP contribution in [-0.2, 0) is 16.6 Å². The minimum absolute atomic E-state index is 0.00916. The van der Waals surface area contributed by atoms with Crippen LogP contribution in [0.4, 0.5) is 5.82 Å². The second kappa shape index (κ2) is 4.85. The van der Waals surface area contributed by atoms with Gasteiger partial charge in [0.1, 0.15) is 0 Å². The first-order valence-corrected chi connectivity index (χ1v) is 7.99. The summed E-state index contributed by atoms with van der Waals surface area (Å²) in [5.74, 6) is -0.00916. The molecule has 11 heteroatoms. The molecular weight excluding hydrogens is 302 g/mol. The predicted octanol–water partition coefficient (Wildman–Crippen LogP) is -0.452. The molecule has 3 rings (SSSR count). The van der Waals surface area contributed by atoms with Crippen LogP contribution in [0.3, 0.4) is 0 Å². The van der Waals surface area contributed by atoms with E-state index in [1.807, 2.05) is 0 Å². The summed E-state index contributed by atoms with van der Waals surface area (Å²) >= 11 is 1.32. The molecule has 0 atom stereocenters. The van der Waals surface area contributed by atoms with Crippen LogP contribution in [0.1, 0.15) is 0 Å². The Bertz CT molecular complexity index is 818. The standard InChI is InChI=1S/C9H11N7O2S2/c10-7-8(16-5-6-19-9(16)13-7)20(17,18)12-2-4-15-3-1-11-14-15/h1,3,5-6,12H,2,4,10H2. The first-order chi connectivity index (χ1) is 9.58. The maximum atomic E-state index is 12.3. The highest BCUT2D eigenvalue weighted by Gasteiger charge is 2.23. The van der Waals surface area contributed by atoms with E-state index < -0.39 is 10.0 Å². The zero-order valence-electron chi connectivity index (χ0n) is 10.2. The summed E-state index contributed by atoms with van der Waals surface area (Å²) in [7, 11) is -3.73. The molecule has 0 aliphatic carbocycles. The molecule has 0 aromatic carbocycles. The molecule has 0 bridgehead atoms. The molecule has 3 aromatic rings. The Morgan fingerprint density at radius 1 is 1.40 bits per heavy atom. The lowest BCUT2D eigenvalue weighted by Crippen LogP contribution is -2.29. The number of nitrogens with zero attached hydrogens (tertiary/aromatic N) is 5. The van der Waals surface area contributed by atoms with Gasteiger partial charge in [-0.2, -0.15) is 0 Å². The van der Waals surface area contributed by atoms with E-state index in [-0.39, 0.29) is 17.4 Å². The van der Waals surface area contributed by atoms with Gasteiger partial charge in [0.05, 0.1) is 12.7 Å². The summed E-state index contributed by atoms with van der Waals surface area (Å²) in [5, 5.41) is 9.10. The highest BCUT2D eigenvalue weighted by atomic mass is 32.2. The van der Waals surface area contributed by atoms with Crippen LogP contribution in [0.5, 0.6) is 0 Å². The highest BCUT2D eigenvalue weighted by molar-refractivity contribution is 7.89. The second-order valence-corrected chi connectivity index (χ2v) is 6.48. The number of hydrogen-bond acceptors (Lipinski definition) is 7. The van der Waals surface area contributed by atoms with Crippen molar-refractivity contribution in [3.63, 3.8) is 0 Å². The van der Waals surface area contributed by atoms with Gasteiger partial charge in [-0.3, -0.25) is 9.08 Å². The molecule has 0 spiro atoms. The quantitative estimate of drug-likeness (QED) is 0.658. The maximum absolute atomic E-state index is 12.3. The molecule has 3 N–H and O–H groups in total. The van der Waals surface area contributed by atoms with E-state index in [2.05, 4.69) is 20.0 Å². The van der Waals surface area contributed by atoms with Crippen LogP contribution in [0.15, 0.2) is 29.0 Å². The molecule has 0 saturated heterocycles. The van der Waals surface area contributed by atoms with E-state index in [9.17, 15) is 8.42 Å². The molecule has 20 heavy (non-hydrogen) atoms. The van der Waals surface area contributed by atoms with Crippen LogP contribution in [0.25, 0.3) is 4.96 Å². The third-order valence-electron chi connectivity index (χ3n) is 2.60. The first-order valence-electron chi connectivity index (χ1n) is 5.63. The average Bonchev–Trinajstić information content (AvgIpc) is 3.04.